The van der Waals surface area contributed by atoms with E-state index in [-0.39, 0.29) is 6.03 Å². The summed E-state index contributed by atoms with van der Waals surface area (Å²) in [6.45, 7) is 19.4. The number of carbonyl (C=O) groups is 1. The Labute approximate surface area is 253 Å². The molecule has 9 nitrogen and oxygen atoms in total. The number of thiophene rings is 1. The maximum absolute atomic E-state index is 13.0. The van der Waals surface area contributed by atoms with E-state index in [0.717, 1.165) is 94.2 Å². The molecule has 2 saturated heterocycles. The van der Waals surface area contributed by atoms with Gasteiger partial charge in [0.2, 0.25) is 0 Å². The molecule has 10 heteroatoms. The van der Waals surface area contributed by atoms with Crippen molar-refractivity contribution >= 4 is 33.4 Å². The van der Waals surface area contributed by atoms with E-state index in [1.165, 1.54) is 16.0 Å². The smallest absolute Gasteiger partial charge is 0.320 e. The summed E-state index contributed by atoms with van der Waals surface area (Å²) in [5.41, 5.74) is 3.51. The molecule has 0 atom stereocenters. The molecule has 4 heterocycles. The van der Waals surface area contributed by atoms with Gasteiger partial charge in [0, 0.05) is 77.4 Å². The number of nitrogens with zero attached hydrogens (tertiary/aromatic N) is 6. The van der Waals surface area contributed by atoms with Crippen molar-refractivity contribution in [3.63, 3.8) is 0 Å². The van der Waals surface area contributed by atoms with Gasteiger partial charge in [-0.2, -0.15) is 0 Å². The van der Waals surface area contributed by atoms with Gasteiger partial charge in [0.1, 0.15) is 17.0 Å². The standard InChI is InChI=1S/C31H39N7OS.CH4O/c1-4-7-24(5-2)21-32-29-27-20-28(40-30(27)34-23-33-29)26-10-8-25(9-11-26)22-36-14-18-38(19-15-36)31(39)37-16-12-35(6-3)13-17-37;1-2/h4-5,7-11,20,23H,1-2,6,12-19,21-22H2,3H3,(H,32,33,34);2H,1H3/b24-7+;. The Bertz CT molecular complexity index is 1350. The Balaban J connectivity index is 0.00000198. The van der Waals surface area contributed by atoms with E-state index < -0.39 is 0 Å². The van der Waals surface area contributed by atoms with Crippen LogP contribution in [0.25, 0.3) is 20.7 Å². The molecule has 1 aromatic carbocycles. The van der Waals surface area contributed by atoms with Crippen molar-refractivity contribution in [2.75, 3.05) is 77.9 Å². The van der Waals surface area contributed by atoms with Gasteiger partial charge < -0.3 is 25.1 Å². The number of fused-ring (bicyclic) bond motifs is 1. The lowest BCUT2D eigenvalue weighted by Crippen LogP contribution is -2.56. The molecule has 42 heavy (non-hydrogen) atoms. The molecule has 0 saturated carbocycles. The zero-order valence-electron chi connectivity index (χ0n) is 24.8. The summed E-state index contributed by atoms with van der Waals surface area (Å²) in [6, 6.07) is 11.2. The first-order valence-electron chi connectivity index (χ1n) is 14.5. The lowest BCUT2D eigenvalue weighted by molar-refractivity contribution is 0.0898. The van der Waals surface area contributed by atoms with Crippen molar-refractivity contribution in [2.24, 2.45) is 0 Å². The molecule has 2 amide bonds. The van der Waals surface area contributed by atoms with Crippen LogP contribution in [0.3, 0.4) is 0 Å². The number of aliphatic hydroxyl groups excluding tert-OH is 1. The number of rotatable bonds is 9. The number of hydrogen-bond donors (Lipinski definition) is 2. The van der Waals surface area contributed by atoms with Crippen LogP contribution >= 0.6 is 11.3 Å². The number of allylic oxidation sites excluding steroid dienone is 2. The van der Waals surface area contributed by atoms with E-state index in [0.29, 0.717) is 6.54 Å². The number of anilines is 1. The van der Waals surface area contributed by atoms with Crippen molar-refractivity contribution in [3.05, 3.63) is 79.2 Å². The highest BCUT2D eigenvalue weighted by Gasteiger charge is 2.27. The second-order valence-corrected chi connectivity index (χ2v) is 11.3. The van der Waals surface area contributed by atoms with Gasteiger partial charge in [-0.25, -0.2) is 14.8 Å². The Morgan fingerprint density at radius 1 is 0.976 bits per heavy atom. The number of hydrogen-bond acceptors (Lipinski definition) is 8. The molecule has 224 valence electrons. The number of amides is 2. The molecule has 2 aliphatic rings. The van der Waals surface area contributed by atoms with Crippen LogP contribution in [-0.2, 0) is 6.54 Å². The zero-order valence-corrected chi connectivity index (χ0v) is 25.7. The molecule has 3 aromatic rings. The fourth-order valence-electron chi connectivity index (χ4n) is 5.26. The number of urea groups is 1. The quantitative estimate of drug-likeness (QED) is 0.354. The van der Waals surface area contributed by atoms with Gasteiger partial charge in [-0.1, -0.05) is 62.6 Å². The van der Waals surface area contributed by atoms with Gasteiger partial charge >= 0.3 is 6.03 Å². The monoisotopic (exact) mass is 589 g/mol. The Morgan fingerprint density at radius 2 is 1.62 bits per heavy atom. The molecule has 0 bridgehead atoms. The first-order valence-corrected chi connectivity index (χ1v) is 15.3. The fraction of sp³-hybridized carbons (Fsp3) is 0.406. The van der Waals surface area contributed by atoms with Crippen LogP contribution in [0.4, 0.5) is 10.6 Å². The molecular weight excluding hydrogens is 546 g/mol. The third kappa shape index (κ3) is 7.83. The van der Waals surface area contributed by atoms with Gasteiger partial charge in [0.15, 0.2) is 0 Å². The molecule has 0 unspecified atom stereocenters. The summed E-state index contributed by atoms with van der Waals surface area (Å²) >= 11 is 1.68. The lowest BCUT2D eigenvalue weighted by Gasteiger charge is -2.40. The maximum atomic E-state index is 13.0. The predicted molar refractivity (Wildman–Crippen MR) is 174 cm³/mol. The minimum atomic E-state index is 0.209. The normalized spacial score (nSPS) is 16.6. The van der Waals surface area contributed by atoms with Crippen LogP contribution in [0.15, 0.2) is 73.6 Å². The third-order valence-corrected chi connectivity index (χ3v) is 8.85. The van der Waals surface area contributed by atoms with E-state index in [2.05, 4.69) is 75.5 Å². The van der Waals surface area contributed by atoms with Gasteiger partial charge in [0.25, 0.3) is 0 Å². The number of piperazine rings is 2. The maximum Gasteiger partial charge on any atom is 0.320 e. The van der Waals surface area contributed by atoms with Crippen LogP contribution in [0.2, 0.25) is 0 Å². The molecular formula is C32H43N7O2S. The number of aromatic nitrogens is 2. The summed E-state index contributed by atoms with van der Waals surface area (Å²) in [7, 11) is 1.00. The second-order valence-electron chi connectivity index (χ2n) is 10.3. The third-order valence-electron chi connectivity index (χ3n) is 7.76. The van der Waals surface area contributed by atoms with Gasteiger partial charge in [-0.05, 0) is 29.3 Å². The SMILES string of the molecule is C=C/C=C(\C=C)CNc1ncnc2sc(-c3ccc(CN4CCN(C(=O)N5CCN(CC)CC5)CC4)cc3)cc12.CO. The molecule has 0 aliphatic carbocycles. The number of nitrogens with one attached hydrogen (secondary N) is 1. The average molecular weight is 590 g/mol. The Kier molecular flexibility index (Phi) is 11.7. The van der Waals surface area contributed by atoms with Gasteiger partial charge in [-0.15, -0.1) is 11.3 Å². The minimum Gasteiger partial charge on any atom is -0.400 e. The lowest BCUT2D eigenvalue weighted by atomic mass is 10.1. The zero-order chi connectivity index (χ0) is 29.9. The van der Waals surface area contributed by atoms with Crippen LogP contribution in [-0.4, -0.2) is 113 Å². The van der Waals surface area contributed by atoms with Crippen LogP contribution in [0.5, 0.6) is 0 Å². The second kappa shape index (κ2) is 15.6. The van der Waals surface area contributed by atoms with Crippen molar-refractivity contribution in [1.29, 1.82) is 0 Å². The molecule has 2 N–H and O–H groups in total. The van der Waals surface area contributed by atoms with E-state index in [1.807, 2.05) is 22.0 Å². The summed E-state index contributed by atoms with van der Waals surface area (Å²) < 4.78 is 0. The van der Waals surface area contributed by atoms with E-state index in [4.69, 9.17) is 5.11 Å². The topological polar surface area (TPSA) is 88.1 Å². The fourth-order valence-corrected chi connectivity index (χ4v) is 6.26. The van der Waals surface area contributed by atoms with E-state index in [9.17, 15) is 4.79 Å². The average Bonchev–Trinajstić information content (AvgIpc) is 3.50. The molecule has 5 rings (SSSR count). The van der Waals surface area contributed by atoms with Crippen molar-refractivity contribution < 1.29 is 9.90 Å². The summed E-state index contributed by atoms with van der Waals surface area (Å²) in [4.78, 5) is 33.0. The number of benzene rings is 1. The number of carbonyl (C=O) groups excluding carboxylic acids is 1. The van der Waals surface area contributed by atoms with Crippen molar-refractivity contribution in [2.45, 2.75) is 13.5 Å². The molecule has 2 aliphatic heterocycles. The first kappa shape index (κ1) is 31.4. The van der Waals surface area contributed by atoms with Gasteiger partial charge in [0.05, 0.1) is 5.39 Å². The van der Waals surface area contributed by atoms with Crippen LogP contribution in [0, 0.1) is 0 Å². The predicted octanol–water partition coefficient (Wildman–Crippen LogP) is 4.55. The highest BCUT2D eigenvalue weighted by molar-refractivity contribution is 7.21. The van der Waals surface area contributed by atoms with Gasteiger partial charge in [-0.3, -0.25) is 4.90 Å². The number of likely N-dealkylation sites (N-methyl/N-ethyl adjacent to an activating group) is 1. The molecule has 2 fully saturated rings. The van der Waals surface area contributed by atoms with E-state index >= 15 is 0 Å². The minimum absolute atomic E-state index is 0.209. The Hall–Kier alpha value is -3.57. The largest absolute Gasteiger partial charge is 0.400 e. The highest BCUT2D eigenvalue weighted by Crippen LogP contribution is 2.35. The number of aliphatic hydroxyl groups is 1. The molecule has 0 spiro atoms. The van der Waals surface area contributed by atoms with Crippen LogP contribution in [0.1, 0.15) is 12.5 Å². The van der Waals surface area contributed by atoms with E-state index in [1.54, 1.807) is 23.7 Å². The summed E-state index contributed by atoms with van der Waals surface area (Å²) in [6.07, 6.45) is 7.13. The first-order chi connectivity index (χ1) is 20.6. The van der Waals surface area contributed by atoms with Crippen LogP contribution < -0.4 is 5.32 Å². The Morgan fingerprint density at radius 3 is 2.21 bits per heavy atom. The summed E-state index contributed by atoms with van der Waals surface area (Å²) in [5.74, 6) is 0.821. The molecule has 0 radical (unpaired) electrons. The highest BCUT2D eigenvalue weighted by atomic mass is 32.1. The van der Waals surface area contributed by atoms with Crippen molar-refractivity contribution in [3.8, 4) is 10.4 Å². The summed E-state index contributed by atoms with van der Waals surface area (Å²) in [5, 5.41) is 11.4. The van der Waals surface area contributed by atoms with Crippen molar-refractivity contribution in [1.82, 2.24) is 29.6 Å². The molecule has 2 aromatic heterocycles.